The van der Waals surface area contributed by atoms with Crippen molar-refractivity contribution in [1.82, 2.24) is 5.43 Å². The van der Waals surface area contributed by atoms with Crippen molar-refractivity contribution in [3.63, 3.8) is 0 Å². The number of amides is 1. The molecule has 198 valence electrons. The maximum atomic E-state index is 12.5. The van der Waals surface area contributed by atoms with Crippen LogP contribution in [0, 0.1) is 0 Å². The highest BCUT2D eigenvalue weighted by Gasteiger charge is 2.08. The fourth-order valence-corrected chi connectivity index (χ4v) is 3.93. The average Bonchev–Trinajstić information content (AvgIpc) is 2.96. The van der Waals surface area contributed by atoms with E-state index < -0.39 is 5.97 Å². The second-order valence-corrected chi connectivity index (χ2v) is 9.11. The molecule has 0 unspecified atom stereocenters. The van der Waals surface area contributed by atoms with Gasteiger partial charge in [-0.1, -0.05) is 53.5 Å². The Bertz CT molecular complexity index is 1470. The summed E-state index contributed by atoms with van der Waals surface area (Å²) in [5.74, 6) is 0.416. The Morgan fingerprint density at radius 1 is 0.846 bits per heavy atom. The number of hydrogen-bond acceptors (Lipinski definition) is 6. The van der Waals surface area contributed by atoms with Crippen LogP contribution in [0.4, 0.5) is 0 Å². The molecule has 0 atom stereocenters. The molecule has 4 rings (SSSR count). The van der Waals surface area contributed by atoms with Crippen LogP contribution in [0.5, 0.6) is 11.5 Å². The topological polar surface area (TPSA) is 86.2 Å². The number of esters is 1. The van der Waals surface area contributed by atoms with Gasteiger partial charge in [0.05, 0.1) is 18.9 Å². The lowest BCUT2D eigenvalue weighted by molar-refractivity contribution is 0.0600. The summed E-state index contributed by atoms with van der Waals surface area (Å²) in [7, 11) is 1.34. The lowest BCUT2D eigenvalue weighted by Gasteiger charge is -2.10. The van der Waals surface area contributed by atoms with Gasteiger partial charge in [0, 0.05) is 26.7 Å². The summed E-state index contributed by atoms with van der Waals surface area (Å²) in [4.78, 5) is 24.1. The van der Waals surface area contributed by atoms with Gasteiger partial charge in [0.15, 0.2) is 0 Å². The highest BCUT2D eigenvalue weighted by atomic mass is 35.5. The lowest BCUT2D eigenvalue weighted by atomic mass is 10.1. The SMILES string of the molecule is COC(=O)c1ccc(COc2ccccc2/C=N\NC(=O)c2ccc(OCc3ccc(Cl)cc3Cl)cc2)cc1. The summed E-state index contributed by atoms with van der Waals surface area (Å²) in [5.41, 5.74) is 5.78. The summed E-state index contributed by atoms with van der Waals surface area (Å²) in [6.07, 6.45) is 1.51. The summed E-state index contributed by atoms with van der Waals surface area (Å²) < 4.78 is 16.4. The Balaban J connectivity index is 1.30. The van der Waals surface area contributed by atoms with E-state index in [0.717, 1.165) is 11.1 Å². The van der Waals surface area contributed by atoms with Crippen molar-refractivity contribution in [1.29, 1.82) is 0 Å². The van der Waals surface area contributed by atoms with Crippen LogP contribution in [0.25, 0.3) is 0 Å². The van der Waals surface area contributed by atoms with Gasteiger partial charge in [-0.2, -0.15) is 5.10 Å². The molecule has 0 saturated carbocycles. The van der Waals surface area contributed by atoms with Gasteiger partial charge in [-0.3, -0.25) is 4.79 Å². The normalized spacial score (nSPS) is 10.7. The molecule has 9 heteroatoms. The summed E-state index contributed by atoms with van der Waals surface area (Å²) >= 11 is 12.1. The predicted molar refractivity (Wildman–Crippen MR) is 151 cm³/mol. The second kappa shape index (κ2) is 13.5. The highest BCUT2D eigenvalue weighted by Crippen LogP contribution is 2.23. The third-order valence-electron chi connectivity index (χ3n) is 5.58. The number of ether oxygens (including phenoxy) is 3. The number of carbonyl (C=O) groups is 2. The maximum absolute atomic E-state index is 12.5. The van der Waals surface area contributed by atoms with Gasteiger partial charge in [-0.05, 0) is 66.2 Å². The zero-order chi connectivity index (χ0) is 27.6. The molecular formula is C30H24Cl2N2O5. The van der Waals surface area contributed by atoms with E-state index in [4.69, 9.17) is 37.4 Å². The van der Waals surface area contributed by atoms with E-state index in [-0.39, 0.29) is 19.1 Å². The first-order valence-electron chi connectivity index (χ1n) is 11.8. The van der Waals surface area contributed by atoms with Crippen LogP contribution in [0.1, 0.15) is 37.4 Å². The quantitative estimate of drug-likeness (QED) is 0.132. The number of nitrogens with one attached hydrogen (secondary N) is 1. The first-order chi connectivity index (χ1) is 18.9. The van der Waals surface area contributed by atoms with E-state index in [0.29, 0.717) is 38.2 Å². The Morgan fingerprint density at radius 3 is 2.28 bits per heavy atom. The molecule has 0 heterocycles. The number of rotatable bonds is 10. The number of para-hydroxylation sites is 1. The minimum absolute atomic E-state index is 0.270. The molecule has 0 spiro atoms. The third-order valence-corrected chi connectivity index (χ3v) is 6.17. The molecule has 39 heavy (non-hydrogen) atoms. The van der Waals surface area contributed by atoms with E-state index >= 15 is 0 Å². The molecule has 0 aliphatic rings. The number of hydrazone groups is 1. The van der Waals surface area contributed by atoms with Crippen LogP contribution in [-0.2, 0) is 18.0 Å². The van der Waals surface area contributed by atoms with Gasteiger partial charge in [-0.15, -0.1) is 0 Å². The number of nitrogens with zero attached hydrogens (tertiary/aromatic N) is 1. The molecule has 0 radical (unpaired) electrons. The van der Waals surface area contributed by atoms with Crippen LogP contribution in [-0.4, -0.2) is 25.2 Å². The first-order valence-corrected chi connectivity index (χ1v) is 12.6. The third kappa shape index (κ3) is 7.83. The largest absolute Gasteiger partial charge is 0.489 e. The van der Waals surface area contributed by atoms with E-state index in [1.807, 2.05) is 24.3 Å². The van der Waals surface area contributed by atoms with Crippen LogP contribution < -0.4 is 14.9 Å². The van der Waals surface area contributed by atoms with Crippen molar-refractivity contribution in [2.45, 2.75) is 13.2 Å². The number of halogens is 2. The zero-order valence-corrected chi connectivity index (χ0v) is 22.4. The Labute approximate surface area is 235 Å². The van der Waals surface area contributed by atoms with Crippen molar-refractivity contribution in [2.24, 2.45) is 5.10 Å². The zero-order valence-electron chi connectivity index (χ0n) is 20.9. The van der Waals surface area contributed by atoms with Gasteiger partial charge in [-0.25, -0.2) is 10.2 Å². The standard InChI is InChI=1S/C30H24Cl2N2O5/c1-37-30(36)22-8-6-20(7-9-22)18-39-28-5-3-2-4-23(28)17-33-34-29(35)21-11-14-26(15-12-21)38-19-24-10-13-25(31)16-27(24)32/h2-17H,18-19H2,1H3,(H,34,35)/b33-17-. The minimum Gasteiger partial charge on any atom is -0.489 e. The smallest absolute Gasteiger partial charge is 0.337 e. The summed E-state index contributed by atoms with van der Waals surface area (Å²) in [5, 5.41) is 5.16. The summed E-state index contributed by atoms with van der Waals surface area (Å²) in [6.45, 7) is 0.559. The van der Waals surface area contributed by atoms with Gasteiger partial charge < -0.3 is 14.2 Å². The predicted octanol–water partition coefficient (Wildman–Crippen LogP) is 6.70. The average molecular weight is 563 g/mol. The fraction of sp³-hybridized carbons (Fsp3) is 0.100. The molecule has 4 aromatic carbocycles. The van der Waals surface area contributed by atoms with Crippen molar-refractivity contribution < 1.29 is 23.8 Å². The monoisotopic (exact) mass is 562 g/mol. The van der Waals surface area contributed by atoms with Crippen molar-refractivity contribution in [2.75, 3.05) is 7.11 Å². The van der Waals surface area contributed by atoms with Crippen LogP contribution in [0.3, 0.4) is 0 Å². The van der Waals surface area contributed by atoms with Gasteiger partial charge in [0.2, 0.25) is 0 Å². The van der Waals surface area contributed by atoms with E-state index in [2.05, 4.69) is 10.5 Å². The second-order valence-electron chi connectivity index (χ2n) is 8.26. The van der Waals surface area contributed by atoms with Gasteiger partial charge >= 0.3 is 5.97 Å². The Morgan fingerprint density at radius 2 is 1.56 bits per heavy atom. The van der Waals surface area contributed by atoms with Gasteiger partial charge in [0.25, 0.3) is 5.91 Å². The molecule has 1 N–H and O–H groups in total. The van der Waals surface area contributed by atoms with E-state index in [9.17, 15) is 9.59 Å². The molecule has 0 aromatic heterocycles. The highest BCUT2D eigenvalue weighted by molar-refractivity contribution is 6.35. The van der Waals surface area contributed by atoms with E-state index in [1.165, 1.54) is 13.3 Å². The van der Waals surface area contributed by atoms with Crippen LogP contribution >= 0.6 is 23.2 Å². The molecule has 0 saturated heterocycles. The molecule has 4 aromatic rings. The fourth-order valence-electron chi connectivity index (χ4n) is 3.46. The van der Waals surface area contributed by atoms with E-state index in [1.54, 1.807) is 66.7 Å². The Kier molecular flexibility index (Phi) is 9.56. The van der Waals surface area contributed by atoms with Gasteiger partial charge in [0.1, 0.15) is 24.7 Å². The van der Waals surface area contributed by atoms with Crippen molar-refractivity contribution in [3.05, 3.63) is 129 Å². The van der Waals surface area contributed by atoms with Crippen LogP contribution in [0.15, 0.2) is 96.1 Å². The number of benzene rings is 4. The number of methoxy groups -OCH3 is 1. The van der Waals surface area contributed by atoms with Crippen molar-refractivity contribution >= 4 is 41.3 Å². The minimum atomic E-state index is -0.394. The lowest BCUT2D eigenvalue weighted by Crippen LogP contribution is -2.17. The number of hydrogen-bond donors (Lipinski definition) is 1. The molecular weight excluding hydrogens is 539 g/mol. The van der Waals surface area contributed by atoms with Crippen LogP contribution in [0.2, 0.25) is 10.0 Å². The van der Waals surface area contributed by atoms with Crippen molar-refractivity contribution in [3.8, 4) is 11.5 Å². The molecule has 0 fully saturated rings. The summed E-state index contributed by atoms with van der Waals surface area (Å²) in [6, 6.07) is 26.2. The molecule has 0 aliphatic heterocycles. The molecule has 7 nitrogen and oxygen atoms in total. The maximum Gasteiger partial charge on any atom is 0.337 e. The molecule has 0 bridgehead atoms. The molecule has 1 amide bonds. The molecule has 0 aliphatic carbocycles. The Hall–Kier alpha value is -4.33. The first kappa shape index (κ1) is 27.7. The number of carbonyl (C=O) groups excluding carboxylic acids is 2.